The van der Waals surface area contributed by atoms with Gasteiger partial charge in [0.15, 0.2) is 9.75 Å². The fourth-order valence-corrected chi connectivity index (χ4v) is 7.71. The van der Waals surface area contributed by atoms with E-state index in [0.717, 1.165) is 17.0 Å². The van der Waals surface area contributed by atoms with Crippen LogP contribution >= 0.6 is 23.2 Å². The van der Waals surface area contributed by atoms with Gasteiger partial charge in [-0.25, -0.2) is 9.29 Å². The first-order valence-corrected chi connectivity index (χ1v) is 13.3. The number of hydrogen-bond donors (Lipinski definition) is 2. The molecule has 6 rings (SSSR count). The van der Waals surface area contributed by atoms with Gasteiger partial charge in [-0.05, 0) is 43.0 Å². The molecule has 0 radical (unpaired) electrons. The number of phenolic OH excluding ortho intramolecular Hbond substituents is 1. The van der Waals surface area contributed by atoms with E-state index < -0.39 is 62.9 Å². The van der Waals surface area contributed by atoms with Crippen molar-refractivity contribution < 1.29 is 38.1 Å². The van der Waals surface area contributed by atoms with Crippen LogP contribution in [0.15, 0.2) is 48.0 Å². The monoisotopic (exact) mass is 588 g/mol. The summed E-state index contributed by atoms with van der Waals surface area (Å²) in [6, 6.07) is 7.51. The molecule has 0 spiro atoms. The predicted octanol–water partition coefficient (Wildman–Crippen LogP) is 3.40. The van der Waals surface area contributed by atoms with E-state index in [4.69, 9.17) is 32.7 Å². The summed E-state index contributed by atoms with van der Waals surface area (Å²) in [5.41, 5.74) is 0.613. The van der Waals surface area contributed by atoms with E-state index in [2.05, 4.69) is 5.32 Å². The Morgan fingerprint density at radius 3 is 2.35 bits per heavy atom. The van der Waals surface area contributed by atoms with Gasteiger partial charge in [-0.2, -0.15) is 0 Å². The minimum atomic E-state index is -2.20. The molecule has 3 fully saturated rings. The van der Waals surface area contributed by atoms with E-state index in [1.54, 1.807) is 6.08 Å². The Labute approximate surface area is 237 Å². The van der Waals surface area contributed by atoms with Crippen molar-refractivity contribution in [1.29, 1.82) is 0 Å². The molecule has 9 nitrogen and oxygen atoms in total. The molecule has 0 unspecified atom stereocenters. The molecular weight excluding hydrogens is 566 g/mol. The Kier molecular flexibility index (Phi) is 5.94. The molecule has 6 atom stereocenters. The number of alkyl halides is 2. The maximum absolute atomic E-state index is 14.3. The highest BCUT2D eigenvalue weighted by molar-refractivity contribution is 6.58. The van der Waals surface area contributed by atoms with Crippen LogP contribution in [-0.4, -0.2) is 52.7 Å². The smallest absolute Gasteiger partial charge is 0.258 e. The second kappa shape index (κ2) is 8.94. The van der Waals surface area contributed by atoms with E-state index in [0.29, 0.717) is 5.57 Å². The van der Waals surface area contributed by atoms with Crippen molar-refractivity contribution in [3.8, 4) is 17.2 Å². The molecule has 1 saturated carbocycles. The summed E-state index contributed by atoms with van der Waals surface area (Å²) in [6.07, 6.45) is 1.68. The number of imide groups is 2. The van der Waals surface area contributed by atoms with Crippen molar-refractivity contribution in [2.75, 3.05) is 19.1 Å². The van der Waals surface area contributed by atoms with Crippen LogP contribution in [-0.2, 0) is 19.2 Å². The number of carbonyl (C=O) groups excluding carboxylic acids is 4. The van der Waals surface area contributed by atoms with Crippen LogP contribution < -0.4 is 19.7 Å². The number of hydrogen-bond acceptors (Lipinski definition) is 7. The zero-order valence-corrected chi connectivity index (χ0v) is 22.8. The molecule has 0 aromatic heterocycles. The summed E-state index contributed by atoms with van der Waals surface area (Å²) in [7, 11) is 2.75. The summed E-state index contributed by atoms with van der Waals surface area (Å²) in [4.78, 5) is 50.4. The molecule has 2 N–H and O–H groups in total. The number of nitrogens with one attached hydrogen (secondary N) is 1. The maximum atomic E-state index is 14.3. The zero-order chi connectivity index (χ0) is 28.7. The van der Waals surface area contributed by atoms with Crippen molar-refractivity contribution in [3.05, 3.63) is 59.4 Å². The zero-order valence-electron chi connectivity index (χ0n) is 21.2. The number of ether oxygens (including phenoxy) is 2. The van der Waals surface area contributed by atoms with Crippen molar-refractivity contribution >= 4 is 52.5 Å². The van der Waals surface area contributed by atoms with Crippen LogP contribution in [0, 0.1) is 23.6 Å². The van der Waals surface area contributed by atoms with Gasteiger partial charge in [-0.3, -0.25) is 24.5 Å². The fourth-order valence-electron chi connectivity index (χ4n) is 6.79. The second-order valence-electron chi connectivity index (χ2n) is 10.4. The third-order valence-electron chi connectivity index (χ3n) is 8.58. The lowest BCUT2D eigenvalue weighted by Gasteiger charge is -2.50. The molecule has 2 aromatic carbocycles. The van der Waals surface area contributed by atoms with Gasteiger partial charge in [0.25, 0.3) is 11.8 Å². The molecule has 2 aliphatic heterocycles. The molecule has 4 amide bonds. The first kappa shape index (κ1) is 26.6. The lowest BCUT2D eigenvalue weighted by molar-refractivity contribution is -0.127. The average molecular weight is 589 g/mol. The van der Waals surface area contributed by atoms with Crippen LogP contribution in [0.25, 0.3) is 0 Å². The molecule has 2 aromatic rings. The highest BCUT2D eigenvalue weighted by Gasteiger charge is 2.77. The number of aromatic hydroxyl groups is 1. The minimum absolute atomic E-state index is 0.0548. The number of rotatable bonds is 4. The lowest BCUT2D eigenvalue weighted by Crippen LogP contribution is -2.60. The number of methoxy groups -OCH3 is 2. The van der Waals surface area contributed by atoms with Gasteiger partial charge < -0.3 is 14.6 Å². The number of allylic oxidation sites excluding steroid dienone is 2. The molecule has 2 aliphatic carbocycles. The SMILES string of the molecule is COc1cc(O)c([C@H]2C3=CC[C@@H]4C(=O)NC(=O)[C@@H]4[C@@H]3C[C@@]3(Cl)C(=O)N(c4ccc(F)cc4)C(=O)[C@@]23Cl)c(OC)c1. The van der Waals surface area contributed by atoms with Crippen molar-refractivity contribution in [3.63, 3.8) is 0 Å². The van der Waals surface area contributed by atoms with Gasteiger partial charge >= 0.3 is 0 Å². The Morgan fingerprint density at radius 1 is 1.00 bits per heavy atom. The Hall–Kier alpha value is -3.63. The van der Waals surface area contributed by atoms with Crippen LogP contribution in [0.3, 0.4) is 0 Å². The molecule has 0 bridgehead atoms. The molecule has 40 heavy (non-hydrogen) atoms. The second-order valence-corrected chi connectivity index (χ2v) is 11.6. The molecular formula is C28H23Cl2FN2O7. The first-order chi connectivity index (χ1) is 19.0. The van der Waals surface area contributed by atoms with Gasteiger partial charge in [-0.15, -0.1) is 23.2 Å². The molecule has 12 heteroatoms. The van der Waals surface area contributed by atoms with Crippen LogP contribution in [0.5, 0.6) is 17.2 Å². The summed E-state index contributed by atoms with van der Waals surface area (Å²) in [6.45, 7) is 0. The number of amides is 4. The average Bonchev–Trinajstić information content (AvgIpc) is 3.30. The number of anilines is 1. The van der Waals surface area contributed by atoms with Gasteiger partial charge in [0.1, 0.15) is 23.1 Å². The number of carbonyl (C=O) groups is 4. The largest absolute Gasteiger partial charge is 0.507 e. The highest BCUT2D eigenvalue weighted by atomic mass is 35.5. The van der Waals surface area contributed by atoms with Crippen LogP contribution in [0.4, 0.5) is 10.1 Å². The number of phenols is 1. The van der Waals surface area contributed by atoms with Crippen molar-refractivity contribution in [2.24, 2.45) is 17.8 Å². The summed E-state index contributed by atoms with van der Waals surface area (Å²) < 4.78 is 24.6. The van der Waals surface area contributed by atoms with Gasteiger partial charge in [0.05, 0.1) is 31.7 Å². The van der Waals surface area contributed by atoms with E-state index in [-0.39, 0.29) is 41.3 Å². The third-order valence-corrected chi connectivity index (χ3v) is 9.99. The number of fused-ring (bicyclic) bond motifs is 4. The Morgan fingerprint density at radius 2 is 1.70 bits per heavy atom. The molecule has 2 saturated heterocycles. The van der Waals surface area contributed by atoms with Crippen LogP contribution in [0.1, 0.15) is 24.3 Å². The third kappa shape index (κ3) is 3.32. The van der Waals surface area contributed by atoms with E-state index in [1.807, 2.05) is 0 Å². The Balaban J connectivity index is 1.62. The van der Waals surface area contributed by atoms with E-state index in [1.165, 1.54) is 38.5 Å². The predicted molar refractivity (Wildman–Crippen MR) is 141 cm³/mol. The van der Waals surface area contributed by atoms with Gasteiger partial charge in [0.2, 0.25) is 11.8 Å². The number of halogens is 3. The summed E-state index contributed by atoms with van der Waals surface area (Å²) in [5.74, 6) is -6.79. The highest BCUT2D eigenvalue weighted by Crippen LogP contribution is 2.67. The van der Waals surface area contributed by atoms with Crippen molar-refractivity contribution in [2.45, 2.75) is 28.5 Å². The molecule has 2 heterocycles. The summed E-state index contributed by atoms with van der Waals surface area (Å²) >= 11 is 14.5. The van der Waals surface area contributed by atoms with Gasteiger partial charge in [-0.1, -0.05) is 11.6 Å². The topological polar surface area (TPSA) is 122 Å². The standard InChI is InChI=1S/C28H23Cl2FN2O7/c1-39-14-9-18(34)21(19(10-14)40-2)22-15-7-8-16-20(24(36)32-23(16)35)17(15)11-27(29)25(37)33(26(38)28(22,27)30)13-5-3-12(31)4-6-13/h3-7,9-10,16-17,20,22,34H,8,11H2,1-2H3,(H,32,35,36)/t16-,17+,20-,22+,27+,28-/m0/s1. The van der Waals surface area contributed by atoms with E-state index in [9.17, 15) is 28.7 Å². The normalized spacial score (nSPS) is 32.7. The fraction of sp³-hybridized carbons (Fsp3) is 0.357. The maximum Gasteiger partial charge on any atom is 0.258 e. The lowest BCUT2D eigenvalue weighted by atomic mass is 9.56. The molecule has 208 valence electrons. The van der Waals surface area contributed by atoms with Gasteiger partial charge in [0, 0.05) is 23.6 Å². The molecule has 4 aliphatic rings. The van der Waals surface area contributed by atoms with Crippen molar-refractivity contribution in [1.82, 2.24) is 5.32 Å². The first-order valence-electron chi connectivity index (χ1n) is 12.5. The number of nitrogens with zero attached hydrogens (tertiary/aromatic N) is 1. The van der Waals surface area contributed by atoms with Crippen LogP contribution in [0.2, 0.25) is 0 Å². The minimum Gasteiger partial charge on any atom is -0.507 e. The summed E-state index contributed by atoms with van der Waals surface area (Å²) in [5, 5.41) is 13.6. The number of benzene rings is 2. The quantitative estimate of drug-likeness (QED) is 0.319. The van der Waals surface area contributed by atoms with E-state index >= 15 is 0 Å². The Bertz CT molecular complexity index is 1530.